The van der Waals surface area contributed by atoms with Crippen LogP contribution in [0.2, 0.25) is 39.3 Å². The normalized spacial score (nSPS) is 14.3. The zero-order chi connectivity index (χ0) is 11.4. The Morgan fingerprint density at radius 2 is 1.21 bits per heavy atom. The zero-order valence-electron chi connectivity index (χ0n) is 10.5. The molecular formula is C9H24O2Si3. The topological polar surface area (TPSA) is 18.5 Å². The lowest BCUT2D eigenvalue weighted by molar-refractivity contribution is 0.434. The maximum Gasteiger partial charge on any atom is 0.327 e. The zero-order valence-corrected chi connectivity index (χ0v) is 13.7. The van der Waals surface area contributed by atoms with Crippen LogP contribution < -0.4 is 0 Å². The molecule has 0 aliphatic rings. The SMILES string of the molecule is CC=C[SiH](O[Si](C)(C)C)O[Si](C)(C)C. The molecule has 0 aromatic carbocycles. The van der Waals surface area contributed by atoms with Crippen LogP contribution in [0.5, 0.6) is 0 Å². The van der Waals surface area contributed by atoms with Crippen molar-refractivity contribution in [3.63, 3.8) is 0 Å². The monoisotopic (exact) mass is 248 g/mol. The summed E-state index contributed by atoms with van der Waals surface area (Å²) in [5.74, 6) is 0. The minimum Gasteiger partial charge on any atom is -0.436 e. The highest BCUT2D eigenvalue weighted by Gasteiger charge is 2.26. The van der Waals surface area contributed by atoms with E-state index >= 15 is 0 Å². The first-order valence-electron chi connectivity index (χ1n) is 5.12. The highest BCUT2D eigenvalue weighted by molar-refractivity contribution is 6.82. The van der Waals surface area contributed by atoms with E-state index in [0.29, 0.717) is 0 Å². The van der Waals surface area contributed by atoms with Crippen LogP contribution in [0.3, 0.4) is 0 Å². The van der Waals surface area contributed by atoms with Gasteiger partial charge in [0.25, 0.3) is 0 Å². The summed E-state index contributed by atoms with van der Waals surface area (Å²) in [6.07, 6.45) is 2.05. The van der Waals surface area contributed by atoms with Crippen molar-refractivity contribution in [3.05, 3.63) is 11.8 Å². The van der Waals surface area contributed by atoms with Gasteiger partial charge in [-0.3, -0.25) is 0 Å². The van der Waals surface area contributed by atoms with Crippen LogP contribution in [-0.2, 0) is 8.23 Å². The van der Waals surface area contributed by atoms with Crippen molar-refractivity contribution in [2.24, 2.45) is 0 Å². The molecule has 0 saturated carbocycles. The van der Waals surface area contributed by atoms with Gasteiger partial charge in [0.2, 0.25) is 0 Å². The Morgan fingerprint density at radius 1 is 0.857 bits per heavy atom. The van der Waals surface area contributed by atoms with E-state index in [-0.39, 0.29) is 0 Å². The molecular weight excluding hydrogens is 224 g/mol. The van der Waals surface area contributed by atoms with Crippen LogP contribution in [-0.4, -0.2) is 25.9 Å². The van der Waals surface area contributed by atoms with Crippen molar-refractivity contribution in [1.82, 2.24) is 0 Å². The Bertz CT molecular complexity index is 175. The van der Waals surface area contributed by atoms with Gasteiger partial charge in [0.1, 0.15) is 0 Å². The molecule has 0 spiro atoms. The lowest BCUT2D eigenvalue weighted by atomic mass is 10.8. The fourth-order valence-corrected chi connectivity index (χ4v) is 8.10. The second-order valence-corrected chi connectivity index (χ2v) is 16.8. The molecule has 0 fully saturated rings. The van der Waals surface area contributed by atoms with Crippen molar-refractivity contribution in [2.45, 2.75) is 46.2 Å². The Labute approximate surface area is 92.4 Å². The van der Waals surface area contributed by atoms with Crippen LogP contribution in [0.25, 0.3) is 0 Å². The maximum atomic E-state index is 6.06. The van der Waals surface area contributed by atoms with Crippen molar-refractivity contribution < 1.29 is 8.23 Å². The van der Waals surface area contributed by atoms with Crippen LogP contribution in [0, 0.1) is 0 Å². The molecule has 0 saturated heterocycles. The smallest absolute Gasteiger partial charge is 0.327 e. The van der Waals surface area contributed by atoms with Gasteiger partial charge in [0.15, 0.2) is 16.6 Å². The predicted octanol–water partition coefficient (Wildman–Crippen LogP) is 3.03. The molecule has 84 valence electrons. The van der Waals surface area contributed by atoms with Gasteiger partial charge in [-0.15, -0.1) is 0 Å². The molecule has 0 aliphatic carbocycles. The summed E-state index contributed by atoms with van der Waals surface area (Å²) >= 11 is 0. The molecule has 0 rings (SSSR count). The lowest BCUT2D eigenvalue weighted by Gasteiger charge is -2.28. The quantitative estimate of drug-likeness (QED) is 0.696. The Balaban J connectivity index is 4.31. The van der Waals surface area contributed by atoms with Crippen molar-refractivity contribution in [3.8, 4) is 0 Å². The molecule has 0 radical (unpaired) electrons. The first kappa shape index (κ1) is 14.3. The van der Waals surface area contributed by atoms with Gasteiger partial charge in [-0.05, 0) is 46.2 Å². The molecule has 14 heavy (non-hydrogen) atoms. The molecule has 2 nitrogen and oxygen atoms in total. The number of rotatable bonds is 5. The molecule has 0 aromatic rings. The number of hydrogen-bond donors (Lipinski definition) is 0. The van der Waals surface area contributed by atoms with Gasteiger partial charge < -0.3 is 8.23 Å². The molecule has 0 amide bonds. The van der Waals surface area contributed by atoms with Gasteiger partial charge in [0.05, 0.1) is 0 Å². The summed E-state index contributed by atoms with van der Waals surface area (Å²) in [5.41, 5.74) is 2.14. The number of allylic oxidation sites excluding steroid dienone is 1. The van der Waals surface area contributed by atoms with E-state index in [4.69, 9.17) is 8.23 Å². The van der Waals surface area contributed by atoms with Crippen LogP contribution in [0.15, 0.2) is 11.8 Å². The Morgan fingerprint density at radius 3 is 1.43 bits per heavy atom. The molecule has 0 heterocycles. The molecule has 0 unspecified atom stereocenters. The summed E-state index contributed by atoms with van der Waals surface area (Å²) in [6.45, 7) is 15.3. The summed E-state index contributed by atoms with van der Waals surface area (Å²) in [7, 11) is -4.44. The van der Waals surface area contributed by atoms with E-state index in [1.54, 1.807) is 0 Å². The molecule has 5 heteroatoms. The molecule has 0 N–H and O–H groups in total. The highest BCUT2D eigenvalue weighted by Crippen LogP contribution is 2.12. The second-order valence-electron chi connectivity index (χ2n) is 5.35. The summed E-state index contributed by atoms with van der Waals surface area (Å²) in [6, 6.07) is 0. The third kappa shape index (κ3) is 8.89. The average molecular weight is 249 g/mol. The van der Waals surface area contributed by atoms with E-state index < -0.39 is 25.9 Å². The van der Waals surface area contributed by atoms with Gasteiger partial charge in [-0.1, -0.05) is 11.8 Å². The van der Waals surface area contributed by atoms with Crippen molar-refractivity contribution >= 4 is 25.9 Å². The van der Waals surface area contributed by atoms with Gasteiger partial charge in [-0.25, -0.2) is 0 Å². The van der Waals surface area contributed by atoms with Crippen LogP contribution >= 0.6 is 0 Å². The molecule has 0 bridgehead atoms. The van der Waals surface area contributed by atoms with Gasteiger partial charge in [-0.2, -0.15) is 0 Å². The minimum absolute atomic E-state index is 1.45. The van der Waals surface area contributed by atoms with Crippen molar-refractivity contribution in [1.29, 1.82) is 0 Å². The van der Waals surface area contributed by atoms with E-state index in [1.165, 1.54) is 0 Å². The summed E-state index contributed by atoms with van der Waals surface area (Å²) in [4.78, 5) is 0. The van der Waals surface area contributed by atoms with E-state index in [1.807, 2.05) is 6.92 Å². The molecule has 0 aliphatic heterocycles. The highest BCUT2D eigenvalue weighted by atomic mass is 28.4. The largest absolute Gasteiger partial charge is 0.436 e. The summed E-state index contributed by atoms with van der Waals surface area (Å²) < 4.78 is 12.1. The third-order valence-corrected chi connectivity index (χ3v) is 9.50. The van der Waals surface area contributed by atoms with Crippen LogP contribution in [0.4, 0.5) is 0 Å². The standard InChI is InChI=1S/C9H24O2Si3/c1-8-9-12(10-13(2,3)4)11-14(5,6)7/h8-9,12H,1-7H3. The minimum atomic E-state index is -1.54. The lowest BCUT2D eigenvalue weighted by Crippen LogP contribution is -2.42. The number of hydrogen-bond acceptors (Lipinski definition) is 2. The average Bonchev–Trinajstić information content (AvgIpc) is 1.78. The fourth-order valence-electron chi connectivity index (χ4n) is 0.957. The Kier molecular flexibility index (Phi) is 5.53. The molecule has 0 atom stereocenters. The second kappa shape index (κ2) is 5.41. The summed E-state index contributed by atoms with van der Waals surface area (Å²) in [5, 5.41) is 0. The van der Waals surface area contributed by atoms with E-state index in [0.717, 1.165) is 0 Å². The van der Waals surface area contributed by atoms with E-state index in [2.05, 4.69) is 51.1 Å². The maximum absolute atomic E-state index is 6.06. The van der Waals surface area contributed by atoms with E-state index in [9.17, 15) is 0 Å². The fraction of sp³-hybridized carbons (Fsp3) is 0.778. The van der Waals surface area contributed by atoms with Gasteiger partial charge in [0, 0.05) is 0 Å². The predicted molar refractivity (Wildman–Crippen MR) is 70.8 cm³/mol. The first-order chi connectivity index (χ1) is 6.14. The Hall–Kier alpha value is 0.311. The van der Waals surface area contributed by atoms with Crippen molar-refractivity contribution in [2.75, 3.05) is 0 Å². The third-order valence-electron chi connectivity index (χ3n) is 1.29. The first-order valence-corrected chi connectivity index (χ1v) is 13.5. The van der Waals surface area contributed by atoms with Gasteiger partial charge >= 0.3 is 9.28 Å². The van der Waals surface area contributed by atoms with Crippen LogP contribution in [0.1, 0.15) is 6.92 Å². The molecule has 0 aromatic heterocycles.